The third kappa shape index (κ3) is 4.05. The second-order valence-corrected chi connectivity index (χ2v) is 8.73. The fraction of sp³-hybridized carbons (Fsp3) is 0.286. The second-order valence-electron chi connectivity index (χ2n) is 8.73. The minimum absolute atomic E-state index is 0.0403. The number of ether oxygens (including phenoxy) is 2. The maximum absolute atomic E-state index is 14.0. The number of anilines is 1. The van der Waals surface area contributed by atoms with Crippen molar-refractivity contribution in [3.05, 3.63) is 95.6 Å². The van der Waals surface area contributed by atoms with Gasteiger partial charge < -0.3 is 19.5 Å². The van der Waals surface area contributed by atoms with Crippen LogP contribution in [0.4, 0.5) is 5.69 Å². The van der Waals surface area contributed by atoms with Crippen molar-refractivity contribution in [3.8, 4) is 5.75 Å². The lowest BCUT2D eigenvalue weighted by molar-refractivity contribution is -0.126. The van der Waals surface area contributed by atoms with Crippen LogP contribution < -0.4 is 9.64 Å². The quantitative estimate of drug-likeness (QED) is 0.543. The third-order valence-electron chi connectivity index (χ3n) is 6.48. The lowest BCUT2D eigenvalue weighted by atomic mass is 9.81. The maximum atomic E-state index is 14.0. The topological polar surface area (TPSA) is 71.4 Å². The van der Waals surface area contributed by atoms with E-state index in [0.717, 1.165) is 28.1 Å². The van der Waals surface area contributed by atoms with Crippen molar-refractivity contribution in [1.82, 2.24) is 0 Å². The smallest absolute Gasteiger partial charge is 0.259 e. The van der Waals surface area contributed by atoms with Crippen LogP contribution in [0.15, 0.2) is 83.9 Å². The van der Waals surface area contributed by atoms with E-state index in [0.29, 0.717) is 31.9 Å². The van der Waals surface area contributed by atoms with Crippen LogP contribution in [0.5, 0.6) is 5.75 Å². The van der Waals surface area contributed by atoms with Gasteiger partial charge in [0.25, 0.3) is 5.91 Å². The van der Waals surface area contributed by atoms with Gasteiger partial charge in [0.15, 0.2) is 5.54 Å². The first-order valence-electron chi connectivity index (χ1n) is 11.6. The molecule has 2 aliphatic rings. The van der Waals surface area contributed by atoms with Gasteiger partial charge in [-0.2, -0.15) is 0 Å². The van der Waals surface area contributed by atoms with Crippen LogP contribution >= 0.6 is 0 Å². The molecule has 0 unspecified atom stereocenters. The van der Waals surface area contributed by atoms with Crippen molar-refractivity contribution in [2.45, 2.75) is 38.0 Å². The number of carbonyl (C=O) groups excluding carboxylic acids is 1. The van der Waals surface area contributed by atoms with E-state index in [4.69, 9.17) is 19.6 Å². The summed E-state index contributed by atoms with van der Waals surface area (Å²) in [5, 5.41) is 8.92. The summed E-state index contributed by atoms with van der Waals surface area (Å²) in [6, 6.07) is 25.5. The molecule has 0 bridgehead atoms. The zero-order chi connectivity index (χ0) is 23.5. The van der Waals surface area contributed by atoms with Crippen LogP contribution in [-0.2, 0) is 22.5 Å². The number of aliphatic hydroxyl groups is 1. The first kappa shape index (κ1) is 22.2. The molecule has 1 spiro atoms. The predicted octanol–water partition coefficient (Wildman–Crippen LogP) is 4.14. The molecule has 6 nitrogen and oxygen atoms in total. The van der Waals surface area contributed by atoms with E-state index in [1.54, 1.807) is 0 Å². The molecule has 6 heteroatoms. The Bertz CT molecular complexity index is 1190. The van der Waals surface area contributed by atoms with Gasteiger partial charge in [0.1, 0.15) is 11.9 Å². The largest absolute Gasteiger partial charge is 0.494 e. The zero-order valence-corrected chi connectivity index (χ0v) is 19.2. The minimum atomic E-state index is -1.01. The van der Waals surface area contributed by atoms with Gasteiger partial charge in [-0.15, -0.1) is 0 Å². The third-order valence-corrected chi connectivity index (χ3v) is 6.48. The van der Waals surface area contributed by atoms with Crippen LogP contribution in [0.2, 0.25) is 0 Å². The van der Waals surface area contributed by atoms with Crippen molar-refractivity contribution in [3.63, 3.8) is 0 Å². The number of nitrogens with zero attached hydrogens (tertiary/aromatic N) is 2. The number of benzene rings is 3. The number of para-hydroxylation sites is 1. The van der Waals surface area contributed by atoms with E-state index in [-0.39, 0.29) is 12.5 Å². The molecule has 174 valence electrons. The van der Waals surface area contributed by atoms with E-state index in [2.05, 4.69) is 6.07 Å². The van der Waals surface area contributed by atoms with Gasteiger partial charge in [-0.25, -0.2) is 4.99 Å². The second kappa shape index (κ2) is 9.31. The molecule has 0 fully saturated rings. The number of aliphatic hydroxyl groups excluding tert-OH is 1. The van der Waals surface area contributed by atoms with Crippen LogP contribution in [0, 0.1) is 0 Å². The van der Waals surface area contributed by atoms with Gasteiger partial charge in [-0.05, 0) is 48.4 Å². The van der Waals surface area contributed by atoms with Crippen LogP contribution in [0.1, 0.15) is 30.0 Å². The molecule has 2 atom stereocenters. The average molecular weight is 457 g/mol. The highest BCUT2D eigenvalue weighted by Gasteiger charge is 2.55. The lowest BCUT2D eigenvalue weighted by Crippen LogP contribution is -2.57. The van der Waals surface area contributed by atoms with Crippen LogP contribution in [0.25, 0.3) is 0 Å². The Balaban J connectivity index is 1.47. The summed E-state index contributed by atoms with van der Waals surface area (Å²) < 4.78 is 11.8. The molecule has 2 heterocycles. The summed E-state index contributed by atoms with van der Waals surface area (Å²) in [6.45, 7) is 2.96. The van der Waals surface area contributed by atoms with Crippen molar-refractivity contribution in [2.75, 3.05) is 18.1 Å². The van der Waals surface area contributed by atoms with Crippen molar-refractivity contribution < 1.29 is 19.4 Å². The predicted molar refractivity (Wildman–Crippen MR) is 131 cm³/mol. The highest BCUT2D eigenvalue weighted by atomic mass is 16.5. The summed E-state index contributed by atoms with van der Waals surface area (Å²) in [5.41, 5.74) is 2.89. The Labute approximate surface area is 199 Å². The highest BCUT2D eigenvalue weighted by Crippen LogP contribution is 2.41. The van der Waals surface area contributed by atoms with Gasteiger partial charge in [-0.3, -0.25) is 4.79 Å². The van der Waals surface area contributed by atoms with E-state index >= 15 is 0 Å². The summed E-state index contributed by atoms with van der Waals surface area (Å²) >= 11 is 0. The van der Waals surface area contributed by atoms with E-state index in [1.165, 1.54) is 0 Å². The van der Waals surface area contributed by atoms with Crippen LogP contribution in [0.3, 0.4) is 0 Å². The number of rotatable bonds is 7. The first-order chi connectivity index (χ1) is 16.6. The highest BCUT2D eigenvalue weighted by molar-refractivity contribution is 6.08. The normalized spacial score (nSPS) is 21.2. The van der Waals surface area contributed by atoms with Crippen molar-refractivity contribution in [1.29, 1.82) is 0 Å². The molecule has 3 aromatic carbocycles. The van der Waals surface area contributed by atoms with Gasteiger partial charge in [0, 0.05) is 30.7 Å². The Morgan fingerprint density at radius 1 is 1.06 bits per heavy atom. The molecule has 2 aliphatic heterocycles. The summed E-state index contributed by atoms with van der Waals surface area (Å²) in [4.78, 5) is 20.8. The Morgan fingerprint density at radius 3 is 2.56 bits per heavy atom. The van der Waals surface area contributed by atoms with Gasteiger partial charge in [0.2, 0.25) is 5.90 Å². The number of carbonyl (C=O) groups is 1. The molecule has 3 aromatic rings. The van der Waals surface area contributed by atoms with E-state index < -0.39 is 11.6 Å². The molecule has 0 aromatic heterocycles. The molecule has 34 heavy (non-hydrogen) atoms. The SMILES string of the molecule is C[C@H]1OC(c2ccc(OCCCO)cc2)=N[C@]12Cc1ccccc1N(Cc1ccccc1)C2=O. The molecule has 0 saturated heterocycles. The number of aliphatic imine (C=N–C) groups is 1. The van der Waals surface area contributed by atoms with Crippen LogP contribution in [-0.4, -0.2) is 41.8 Å². The molecule has 5 rings (SSSR count). The Morgan fingerprint density at radius 2 is 1.79 bits per heavy atom. The molecule has 0 saturated carbocycles. The van der Waals surface area contributed by atoms with E-state index in [1.807, 2.05) is 84.6 Å². The van der Waals surface area contributed by atoms with Crippen molar-refractivity contribution >= 4 is 17.5 Å². The van der Waals surface area contributed by atoms with Gasteiger partial charge in [0.05, 0.1) is 13.2 Å². The lowest BCUT2D eigenvalue weighted by Gasteiger charge is -2.40. The number of fused-ring (bicyclic) bond motifs is 1. The summed E-state index contributed by atoms with van der Waals surface area (Å²) in [5.74, 6) is 1.15. The molecule has 1 amide bonds. The number of hydrogen-bond acceptors (Lipinski definition) is 5. The van der Waals surface area contributed by atoms with Gasteiger partial charge in [-0.1, -0.05) is 48.5 Å². The first-order valence-corrected chi connectivity index (χ1v) is 11.6. The number of amides is 1. The fourth-order valence-corrected chi connectivity index (χ4v) is 4.60. The molecule has 0 aliphatic carbocycles. The summed E-state index contributed by atoms with van der Waals surface area (Å²) in [7, 11) is 0. The molecule has 1 N–H and O–H groups in total. The van der Waals surface area contributed by atoms with Gasteiger partial charge >= 0.3 is 0 Å². The monoisotopic (exact) mass is 456 g/mol. The minimum Gasteiger partial charge on any atom is -0.494 e. The Kier molecular flexibility index (Phi) is 6.07. The average Bonchev–Trinajstić information content (AvgIpc) is 3.19. The molecular formula is C28H28N2O4. The molecular weight excluding hydrogens is 428 g/mol. The fourth-order valence-electron chi connectivity index (χ4n) is 4.60. The number of hydrogen-bond donors (Lipinski definition) is 1. The maximum Gasteiger partial charge on any atom is 0.259 e. The van der Waals surface area contributed by atoms with Crippen molar-refractivity contribution in [2.24, 2.45) is 4.99 Å². The summed E-state index contributed by atoms with van der Waals surface area (Å²) in [6.07, 6.45) is 0.683. The molecule has 0 radical (unpaired) electrons. The standard InChI is InChI=1S/C28H28N2O4/c1-20-28(29-26(34-20)22-12-14-24(15-13-22)33-17-7-16-31)18-23-10-5-6-11-25(23)30(27(28)32)19-21-8-3-2-4-9-21/h2-6,8-15,20,31H,7,16-19H2,1H3/t20-,28-/m1/s1. The van der Waals surface area contributed by atoms with E-state index in [9.17, 15) is 4.79 Å². The zero-order valence-electron chi connectivity index (χ0n) is 19.2. The Hall–Kier alpha value is -3.64.